The minimum Gasteiger partial charge on any atom is -0.398 e. The van der Waals surface area contributed by atoms with Gasteiger partial charge in [0.2, 0.25) is 0 Å². The number of nitrogens with two attached hydrogens (primary N) is 2. The molecule has 0 aliphatic heterocycles. The summed E-state index contributed by atoms with van der Waals surface area (Å²) in [5.74, 6) is 0. The molecule has 0 amide bonds. The van der Waals surface area contributed by atoms with Crippen molar-refractivity contribution >= 4 is 5.69 Å². The van der Waals surface area contributed by atoms with Crippen LogP contribution in [0.25, 0.3) is 0 Å². The Morgan fingerprint density at radius 1 is 1.50 bits per heavy atom. The Bertz CT molecular complexity index is 275. The summed E-state index contributed by atoms with van der Waals surface area (Å²) in [5, 5.41) is 0. The molecule has 0 saturated heterocycles. The molecular weight excluding hydrogens is 164 g/mol. The van der Waals surface area contributed by atoms with E-state index in [2.05, 4.69) is 4.98 Å². The summed E-state index contributed by atoms with van der Waals surface area (Å²) in [4.78, 5) is 3.50. The Morgan fingerprint density at radius 2 is 2.17 bits per heavy atom. The zero-order chi connectivity index (χ0) is 9.14. The number of nitrogens with zero attached hydrogens (tertiary/aromatic N) is 1. The lowest BCUT2D eigenvalue weighted by atomic mass is 10.2. The second-order valence-corrected chi connectivity index (χ2v) is 2.31. The van der Waals surface area contributed by atoms with Crippen LogP contribution in [0, 0.1) is 0 Å². The average Bonchev–Trinajstić information content (AvgIpc) is 2.04. The van der Waals surface area contributed by atoms with Gasteiger partial charge < -0.3 is 11.5 Å². The normalized spacial score (nSPS) is 10.7. The molecule has 0 unspecified atom stereocenters. The smallest absolute Gasteiger partial charge is 0.280 e. The van der Waals surface area contributed by atoms with Crippen molar-refractivity contribution < 1.29 is 8.78 Å². The van der Waals surface area contributed by atoms with Crippen molar-refractivity contribution in [1.29, 1.82) is 0 Å². The van der Waals surface area contributed by atoms with Gasteiger partial charge in [0, 0.05) is 24.0 Å². The molecule has 0 aliphatic carbocycles. The molecule has 1 aromatic heterocycles. The molecule has 0 spiro atoms. The molecule has 0 fully saturated rings. The van der Waals surface area contributed by atoms with Gasteiger partial charge in [-0.2, -0.15) is 0 Å². The first-order valence-electron chi connectivity index (χ1n) is 3.37. The quantitative estimate of drug-likeness (QED) is 0.702. The Kier molecular flexibility index (Phi) is 2.54. The number of halogens is 2. The van der Waals surface area contributed by atoms with E-state index in [1.807, 2.05) is 0 Å². The Morgan fingerprint density at radius 3 is 2.58 bits per heavy atom. The lowest BCUT2D eigenvalue weighted by molar-refractivity contribution is 0.146. The third kappa shape index (κ3) is 1.68. The number of hydrogen-bond acceptors (Lipinski definition) is 3. The summed E-state index contributed by atoms with van der Waals surface area (Å²) in [5.41, 5.74) is 11.2. The molecule has 12 heavy (non-hydrogen) atoms. The van der Waals surface area contributed by atoms with Crippen LogP contribution in [0.5, 0.6) is 0 Å². The van der Waals surface area contributed by atoms with Gasteiger partial charge in [-0.15, -0.1) is 0 Å². The van der Waals surface area contributed by atoms with E-state index in [0.29, 0.717) is 5.56 Å². The first-order chi connectivity index (χ1) is 5.65. The number of aromatic nitrogens is 1. The highest BCUT2D eigenvalue weighted by Gasteiger charge is 2.09. The van der Waals surface area contributed by atoms with E-state index in [-0.39, 0.29) is 17.9 Å². The van der Waals surface area contributed by atoms with Gasteiger partial charge >= 0.3 is 0 Å². The first-order valence-corrected chi connectivity index (χ1v) is 3.37. The molecular formula is C7H9F2N3. The summed E-state index contributed by atoms with van der Waals surface area (Å²) in [6.45, 7) is 0.211. The highest BCUT2D eigenvalue weighted by atomic mass is 19.3. The SMILES string of the molecule is NCc1cnc(C(F)F)cc1N. The third-order valence-corrected chi connectivity index (χ3v) is 1.49. The van der Waals surface area contributed by atoms with Crippen LogP contribution in [0.1, 0.15) is 17.7 Å². The topological polar surface area (TPSA) is 64.9 Å². The van der Waals surface area contributed by atoms with Crippen molar-refractivity contribution in [2.24, 2.45) is 5.73 Å². The maximum atomic E-state index is 12.0. The van der Waals surface area contributed by atoms with E-state index < -0.39 is 6.43 Å². The average molecular weight is 173 g/mol. The zero-order valence-corrected chi connectivity index (χ0v) is 6.30. The van der Waals surface area contributed by atoms with Crippen molar-refractivity contribution in [3.63, 3.8) is 0 Å². The fraction of sp³-hybridized carbons (Fsp3) is 0.286. The molecule has 66 valence electrons. The molecule has 0 saturated carbocycles. The molecule has 1 aromatic rings. The van der Waals surface area contributed by atoms with Crippen LogP contribution in [0.15, 0.2) is 12.3 Å². The molecule has 3 nitrogen and oxygen atoms in total. The molecule has 0 radical (unpaired) electrons. The predicted molar refractivity (Wildman–Crippen MR) is 41.5 cm³/mol. The number of alkyl halides is 2. The van der Waals surface area contributed by atoms with Gasteiger partial charge in [-0.3, -0.25) is 4.98 Å². The number of nitrogen functional groups attached to an aromatic ring is 1. The highest BCUT2D eigenvalue weighted by Crippen LogP contribution is 2.19. The van der Waals surface area contributed by atoms with Gasteiger partial charge in [0.25, 0.3) is 6.43 Å². The minimum absolute atomic E-state index is 0.211. The maximum Gasteiger partial charge on any atom is 0.280 e. The molecule has 0 bridgehead atoms. The molecule has 4 N–H and O–H groups in total. The standard InChI is InChI=1S/C7H9F2N3/c8-7(9)6-1-5(11)4(2-10)3-12-6/h1,3,7H,2,10H2,(H2,11,12). The van der Waals surface area contributed by atoms with E-state index in [0.717, 1.165) is 6.07 Å². The van der Waals surface area contributed by atoms with Gasteiger partial charge in [0.1, 0.15) is 5.69 Å². The predicted octanol–water partition coefficient (Wildman–Crippen LogP) is 1.06. The van der Waals surface area contributed by atoms with E-state index in [9.17, 15) is 8.78 Å². The lowest BCUT2D eigenvalue weighted by Gasteiger charge is -2.04. The van der Waals surface area contributed by atoms with Crippen LogP contribution in [0.4, 0.5) is 14.5 Å². The van der Waals surface area contributed by atoms with Crippen LogP contribution in [-0.4, -0.2) is 4.98 Å². The van der Waals surface area contributed by atoms with Crippen molar-refractivity contribution in [3.05, 3.63) is 23.5 Å². The van der Waals surface area contributed by atoms with Crippen molar-refractivity contribution in [2.45, 2.75) is 13.0 Å². The van der Waals surface area contributed by atoms with Crippen molar-refractivity contribution in [3.8, 4) is 0 Å². The van der Waals surface area contributed by atoms with Gasteiger partial charge in [-0.05, 0) is 6.07 Å². The van der Waals surface area contributed by atoms with Crippen LogP contribution >= 0.6 is 0 Å². The number of anilines is 1. The van der Waals surface area contributed by atoms with Gasteiger partial charge in [-0.25, -0.2) is 8.78 Å². The highest BCUT2D eigenvalue weighted by molar-refractivity contribution is 5.46. The summed E-state index contributed by atoms with van der Waals surface area (Å²) in [6.07, 6.45) is -1.31. The van der Waals surface area contributed by atoms with Crippen molar-refractivity contribution in [1.82, 2.24) is 4.98 Å². The minimum atomic E-state index is -2.58. The van der Waals surface area contributed by atoms with Crippen molar-refractivity contribution in [2.75, 3.05) is 5.73 Å². The van der Waals surface area contributed by atoms with E-state index in [1.54, 1.807) is 0 Å². The van der Waals surface area contributed by atoms with Gasteiger partial charge in [-0.1, -0.05) is 0 Å². The number of pyridine rings is 1. The first kappa shape index (κ1) is 8.86. The summed E-state index contributed by atoms with van der Waals surface area (Å²) in [7, 11) is 0. The summed E-state index contributed by atoms with van der Waals surface area (Å²) >= 11 is 0. The fourth-order valence-corrected chi connectivity index (χ4v) is 0.806. The number of hydrogen-bond donors (Lipinski definition) is 2. The van der Waals surface area contributed by atoms with Gasteiger partial charge in [0.05, 0.1) is 0 Å². The molecule has 1 heterocycles. The fourth-order valence-electron chi connectivity index (χ4n) is 0.806. The second kappa shape index (κ2) is 3.44. The molecule has 0 atom stereocenters. The van der Waals surface area contributed by atoms with Gasteiger partial charge in [0.15, 0.2) is 0 Å². The largest absolute Gasteiger partial charge is 0.398 e. The summed E-state index contributed by atoms with van der Waals surface area (Å²) < 4.78 is 24.1. The molecule has 5 heteroatoms. The Labute approximate surface area is 68.4 Å². The molecule has 0 aromatic carbocycles. The molecule has 0 aliphatic rings. The third-order valence-electron chi connectivity index (χ3n) is 1.49. The Balaban J connectivity index is 3.02. The summed E-state index contributed by atoms with van der Waals surface area (Å²) in [6, 6.07) is 1.15. The number of rotatable bonds is 2. The zero-order valence-electron chi connectivity index (χ0n) is 6.30. The monoisotopic (exact) mass is 173 g/mol. The molecule has 1 rings (SSSR count). The van der Waals surface area contributed by atoms with E-state index in [4.69, 9.17) is 11.5 Å². The second-order valence-electron chi connectivity index (χ2n) is 2.31. The van der Waals surface area contributed by atoms with E-state index in [1.165, 1.54) is 6.20 Å². The van der Waals surface area contributed by atoms with Crippen LogP contribution < -0.4 is 11.5 Å². The maximum absolute atomic E-state index is 12.0. The van der Waals surface area contributed by atoms with Crippen LogP contribution in [0.3, 0.4) is 0 Å². The van der Waals surface area contributed by atoms with Crippen LogP contribution in [-0.2, 0) is 6.54 Å². The van der Waals surface area contributed by atoms with E-state index >= 15 is 0 Å². The van der Waals surface area contributed by atoms with Crippen LogP contribution in [0.2, 0.25) is 0 Å². The Hall–Kier alpha value is -1.23. The lowest BCUT2D eigenvalue weighted by Crippen LogP contribution is -2.04.